The third-order valence-electron chi connectivity index (χ3n) is 4.02. The topological polar surface area (TPSA) is 107 Å². The molecule has 0 aliphatic carbocycles. The van der Waals surface area contributed by atoms with Gasteiger partial charge in [0.05, 0.1) is 5.25 Å². The zero-order valence-corrected chi connectivity index (χ0v) is 15.0. The van der Waals surface area contributed by atoms with Crippen molar-refractivity contribution >= 4 is 29.5 Å². The number of carbonyl (C=O) groups is 3. The van der Waals surface area contributed by atoms with Crippen molar-refractivity contribution in [1.82, 2.24) is 10.2 Å². The maximum absolute atomic E-state index is 12.6. The molecule has 3 atom stereocenters. The highest BCUT2D eigenvalue weighted by Gasteiger charge is 2.47. The highest BCUT2D eigenvalue weighted by Crippen LogP contribution is 2.36. The summed E-state index contributed by atoms with van der Waals surface area (Å²) in [6.45, 7) is 3.11. The number of carboxylic acids is 1. The van der Waals surface area contributed by atoms with Gasteiger partial charge in [0.2, 0.25) is 11.8 Å². The molecule has 3 N–H and O–H groups in total. The van der Waals surface area contributed by atoms with Crippen molar-refractivity contribution in [2.45, 2.75) is 43.8 Å². The molecule has 2 rings (SSSR count). The molecule has 1 heterocycles. The van der Waals surface area contributed by atoms with Crippen LogP contribution in [0.25, 0.3) is 0 Å². The minimum absolute atomic E-state index is 0.0561. The Morgan fingerprint density at radius 2 is 2.04 bits per heavy atom. The minimum Gasteiger partial charge on any atom is -0.480 e. The number of rotatable bonds is 7. The number of nitrogens with one attached hydrogen (secondary N) is 1. The van der Waals surface area contributed by atoms with Crippen LogP contribution in [-0.4, -0.2) is 55.7 Å². The Bertz CT molecular complexity index is 650. The Kier molecular flexibility index (Phi) is 6.07. The van der Waals surface area contributed by atoms with Crippen molar-refractivity contribution in [2.75, 3.05) is 5.75 Å². The van der Waals surface area contributed by atoms with Crippen molar-refractivity contribution in [1.29, 1.82) is 0 Å². The van der Waals surface area contributed by atoms with Gasteiger partial charge in [-0.2, -0.15) is 0 Å². The largest absolute Gasteiger partial charge is 0.480 e. The van der Waals surface area contributed by atoms with Crippen molar-refractivity contribution in [2.24, 2.45) is 0 Å². The fourth-order valence-electron chi connectivity index (χ4n) is 2.74. The molecule has 1 saturated heterocycles. The van der Waals surface area contributed by atoms with Gasteiger partial charge < -0.3 is 20.4 Å². The van der Waals surface area contributed by atoms with Gasteiger partial charge in [-0.15, -0.1) is 11.8 Å². The lowest BCUT2D eigenvalue weighted by Gasteiger charge is -2.29. The first-order chi connectivity index (χ1) is 11.7. The van der Waals surface area contributed by atoms with Crippen LogP contribution in [0.5, 0.6) is 0 Å². The number of aliphatic hydroxyl groups is 1. The summed E-state index contributed by atoms with van der Waals surface area (Å²) < 4.78 is 0. The second kappa shape index (κ2) is 7.88. The second-order valence-corrected chi connectivity index (χ2v) is 7.48. The summed E-state index contributed by atoms with van der Waals surface area (Å²) in [7, 11) is 0. The van der Waals surface area contributed by atoms with Crippen LogP contribution in [0.1, 0.15) is 25.8 Å². The number of benzene rings is 1. The first-order valence-electron chi connectivity index (χ1n) is 7.90. The van der Waals surface area contributed by atoms with Gasteiger partial charge in [0, 0.05) is 25.6 Å². The second-order valence-electron chi connectivity index (χ2n) is 6.24. The minimum atomic E-state index is -1.29. The van der Waals surface area contributed by atoms with Crippen LogP contribution in [-0.2, 0) is 20.9 Å². The van der Waals surface area contributed by atoms with Gasteiger partial charge in [-0.1, -0.05) is 30.3 Å². The third-order valence-corrected chi connectivity index (χ3v) is 5.31. The Labute approximate surface area is 150 Å². The molecule has 1 fully saturated rings. The molecule has 2 unspecified atom stereocenters. The van der Waals surface area contributed by atoms with Crippen molar-refractivity contribution < 1.29 is 24.6 Å². The lowest BCUT2D eigenvalue weighted by atomic mass is 10.1. The molecular weight excluding hydrogens is 344 g/mol. The number of hydrogen-bond donors (Lipinski definition) is 3. The molecule has 0 saturated carbocycles. The Morgan fingerprint density at radius 1 is 1.40 bits per heavy atom. The molecule has 0 bridgehead atoms. The molecule has 1 aliphatic heterocycles. The smallest absolute Gasteiger partial charge is 0.327 e. The van der Waals surface area contributed by atoms with E-state index in [0.717, 1.165) is 17.3 Å². The average Bonchev–Trinajstić information content (AvgIpc) is 2.75. The van der Waals surface area contributed by atoms with E-state index in [1.807, 2.05) is 30.3 Å². The molecule has 25 heavy (non-hydrogen) atoms. The fourth-order valence-corrected chi connectivity index (χ4v) is 4.09. The van der Waals surface area contributed by atoms with Crippen molar-refractivity contribution in [3.63, 3.8) is 0 Å². The molecule has 136 valence electrons. The first kappa shape index (κ1) is 19.3. The van der Waals surface area contributed by atoms with Gasteiger partial charge in [0.25, 0.3) is 0 Å². The van der Waals surface area contributed by atoms with Crippen LogP contribution in [0.15, 0.2) is 30.3 Å². The van der Waals surface area contributed by atoms with E-state index in [1.54, 1.807) is 6.92 Å². The average molecular weight is 366 g/mol. The normalized spacial score (nSPS) is 24.2. The Hall–Kier alpha value is -2.06. The number of carboxylic acid groups (broad SMARTS) is 1. The standard InChI is InChI=1S/C17H22N2O5S/c1-11(20)18-13(16(22)23)10-25-14-8-17(2,24)19(15(14)21)9-12-6-4-3-5-7-12/h3-7,13-14,24H,8-10H2,1-2H3,(H,18,20)(H,22,23)/t13-,14?,17?/m0/s1. The number of hydrogen-bond acceptors (Lipinski definition) is 5. The Balaban J connectivity index is 2.02. The summed E-state index contributed by atoms with van der Waals surface area (Å²) in [4.78, 5) is 36.3. The summed E-state index contributed by atoms with van der Waals surface area (Å²) in [6.07, 6.45) is 0.204. The summed E-state index contributed by atoms with van der Waals surface area (Å²) in [5.74, 6) is -1.77. The van der Waals surface area contributed by atoms with Gasteiger partial charge in [-0.05, 0) is 12.5 Å². The van der Waals surface area contributed by atoms with Gasteiger partial charge in [0.15, 0.2) is 0 Å². The summed E-state index contributed by atoms with van der Waals surface area (Å²) >= 11 is 1.14. The van der Waals surface area contributed by atoms with Gasteiger partial charge in [0.1, 0.15) is 11.8 Å². The molecule has 2 amide bonds. The van der Waals surface area contributed by atoms with E-state index in [-0.39, 0.29) is 24.6 Å². The van der Waals surface area contributed by atoms with Crippen molar-refractivity contribution in [3.8, 4) is 0 Å². The molecule has 1 aromatic rings. The maximum Gasteiger partial charge on any atom is 0.327 e. The van der Waals surface area contributed by atoms with Gasteiger partial charge >= 0.3 is 5.97 Å². The molecular formula is C17H22N2O5S. The molecule has 0 aromatic heterocycles. The van der Waals surface area contributed by atoms with Crippen LogP contribution in [0.3, 0.4) is 0 Å². The first-order valence-corrected chi connectivity index (χ1v) is 8.95. The third kappa shape index (κ3) is 4.96. The SMILES string of the molecule is CC(=O)N[C@@H](CSC1CC(C)(O)N(Cc2ccccc2)C1=O)C(=O)O. The van der Waals surface area contributed by atoms with E-state index in [1.165, 1.54) is 11.8 Å². The molecule has 8 heteroatoms. The van der Waals surface area contributed by atoms with Crippen LogP contribution in [0.4, 0.5) is 0 Å². The molecule has 0 spiro atoms. The Morgan fingerprint density at radius 3 is 2.60 bits per heavy atom. The summed E-state index contributed by atoms with van der Waals surface area (Å²) in [6, 6.07) is 8.29. The van der Waals surface area contributed by atoms with E-state index in [2.05, 4.69) is 5.32 Å². The zero-order valence-electron chi connectivity index (χ0n) is 14.1. The highest BCUT2D eigenvalue weighted by atomic mass is 32.2. The molecule has 0 radical (unpaired) electrons. The predicted molar refractivity (Wildman–Crippen MR) is 93.7 cm³/mol. The molecule has 7 nitrogen and oxygen atoms in total. The van der Waals surface area contributed by atoms with Crippen molar-refractivity contribution in [3.05, 3.63) is 35.9 Å². The highest BCUT2D eigenvalue weighted by molar-refractivity contribution is 8.00. The van der Waals surface area contributed by atoms with E-state index in [9.17, 15) is 19.5 Å². The van der Waals surface area contributed by atoms with Crippen LogP contribution < -0.4 is 5.32 Å². The number of carbonyl (C=O) groups excluding carboxylic acids is 2. The van der Waals surface area contributed by atoms with Gasteiger partial charge in [-0.3, -0.25) is 9.59 Å². The van der Waals surface area contributed by atoms with E-state index >= 15 is 0 Å². The molecule has 1 aromatic carbocycles. The lowest BCUT2D eigenvalue weighted by molar-refractivity contribution is -0.143. The van der Waals surface area contributed by atoms with Crippen LogP contribution >= 0.6 is 11.8 Å². The van der Waals surface area contributed by atoms with Gasteiger partial charge in [-0.25, -0.2) is 4.79 Å². The zero-order chi connectivity index (χ0) is 18.6. The lowest BCUT2D eigenvalue weighted by Crippen LogP contribution is -2.43. The predicted octanol–water partition coefficient (Wildman–Crippen LogP) is 0.818. The molecule has 1 aliphatic rings. The van der Waals surface area contributed by atoms with Crippen LogP contribution in [0.2, 0.25) is 0 Å². The van der Waals surface area contributed by atoms with E-state index in [4.69, 9.17) is 5.11 Å². The number of amides is 2. The number of thioether (sulfide) groups is 1. The fraction of sp³-hybridized carbons (Fsp3) is 0.471. The number of aliphatic carboxylic acids is 1. The monoisotopic (exact) mass is 366 g/mol. The van der Waals surface area contributed by atoms with E-state index in [0.29, 0.717) is 0 Å². The summed E-state index contributed by atoms with van der Waals surface area (Å²) in [5.41, 5.74) is -0.388. The number of likely N-dealkylation sites (tertiary alicyclic amines) is 1. The number of nitrogens with zero attached hydrogens (tertiary/aromatic N) is 1. The summed E-state index contributed by atoms with van der Waals surface area (Å²) in [5, 5.41) is 21.5. The quantitative estimate of drug-likeness (QED) is 0.660. The maximum atomic E-state index is 12.6. The van der Waals surface area contributed by atoms with E-state index < -0.39 is 28.9 Å². The van der Waals surface area contributed by atoms with Crippen LogP contribution in [0, 0.1) is 0 Å².